The third-order valence-corrected chi connectivity index (χ3v) is 12.7. The molecule has 10 atom stereocenters. The van der Waals surface area contributed by atoms with E-state index in [1.165, 1.54) is 56.9 Å². The van der Waals surface area contributed by atoms with Gasteiger partial charge in [0.1, 0.15) is 11.2 Å². The molecule has 4 aliphatic carbocycles. The lowest BCUT2D eigenvalue weighted by atomic mass is 9.43. The van der Waals surface area contributed by atoms with Crippen LogP contribution in [0, 0.1) is 40.4 Å². The zero-order valence-electron chi connectivity index (χ0n) is 24.2. The van der Waals surface area contributed by atoms with Gasteiger partial charge in [0.05, 0.1) is 18.8 Å². The van der Waals surface area contributed by atoms with Gasteiger partial charge in [0.2, 0.25) is 0 Å². The summed E-state index contributed by atoms with van der Waals surface area (Å²) in [5, 5.41) is 11.9. The van der Waals surface area contributed by atoms with Crippen molar-refractivity contribution < 1.29 is 14.6 Å². The summed E-state index contributed by atoms with van der Waals surface area (Å²) < 4.78 is 13.5. The van der Waals surface area contributed by atoms with Crippen LogP contribution < -0.4 is 0 Å². The van der Waals surface area contributed by atoms with Gasteiger partial charge in [-0.1, -0.05) is 84.2 Å². The Bertz CT molecular complexity index is 961. The van der Waals surface area contributed by atoms with Gasteiger partial charge in [0, 0.05) is 5.41 Å². The first-order valence-corrected chi connectivity index (χ1v) is 15.7. The van der Waals surface area contributed by atoms with Gasteiger partial charge >= 0.3 is 0 Å². The van der Waals surface area contributed by atoms with Crippen molar-refractivity contribution in [1.82, 2.24) is 0 Å². The Morgan fingerprint density at radius 3 is 2.51 bits per heavy atom. The van der Waals surface area contributed by atoms with E-state index in [1.807, 2.05) is 0 Å². The molecule has 3 heteroatoms. The highest BCUT2D eigenvalue weighted by Crippen LogP contribution is 2.81. The van der Waals surface area contributed by atoms with Crippen LogP contribution in [0.1, 0.15) is 111 Å². The second kappa shape index (κ2) is 9.34. The summed E-state index contributed by atoms with van der Waals surface area (Å²) in [7, 11) is 0. The standard InChI is InChI=1S/C34H52O3/c1-23(2)10-9-11-24(3)28-15-19-33-32(28,5)18-16-29-31(4)17-14-27(36-22-25-12-7-6-8-13-25)20-26(31)21-30(35)34(29,33)37-33/h6-8,12-13,23-24,26-30,35H,9-11,14-22H2,1-5H3/t24-,26-,27+,28-,29-,30-,31+,32-,33+,34+/m1/s1. The van der Waals surface area contributed by atoms with E-state index in [0.29, 0.717) is 24.5 Å². The topological polar surface area (TPSA) is 42.0 Å². The van der Waals surface area contributed by atoms with Crippen LogP contribution in [0.15, 0.2) is 30.3 Å². The Balaban J connectivity index is 1.16. The smallest absolute Gasteiger partial charge is 0.128 e. The number of fused-ring (bicyclic) bond motifs is 2. The maximum atomic E-state index is 11.9. The van der Waals surface area contributed by atoms with Gasteiger partial charge in [-0.15, -0.1) is 0 Å². The maximum absolute atomic E-state index is 11.9. The van der Waals surface area contributed by atoms with Crippen molar-refractivity contribution in [1.29, 1.82) is 0 Å². The highest BCUT2D eigenvalue weighted by atomic mass is 16.6. The van der Waals surface area contributed by atoms with E-state index >= 15 is 0 Å². The van der Waals surface area contributed by atoms with Gasteiger partial charge in [-0.05, 0) is 91.9 Å². The largest absolute Gasteiger partial charge is 0.390 e. The van der Waals surface area contributed by atoms with Crippen molar-refractivity contribution in [2.75, 3.05) is 0 Å². The summed E-state index contributed by atoms with van der Waals surface area (Å²) in [5.41, 5.74) is 1.38. The van der Waals surface area contributed by atoms with Crippen LogP contribution in [-0.2, 0) is 16.1 Å². The summed E-state index contributed by atoms with van der Waals surface area (Å²) in [6, 6.07) is 10.6. The third kappa shape index (κ3) is 3.84. The van der Waals surface area contributed by atoms with E-state index < -0.39 is 0 Å². The Morgan fingerprint density at radius 1 is 0.973 bits per heavy atom. The predicted octanol–water partition coefficient (Wildman–Crippen LogP) is 7.94. The minimum absolute atomic E-state index is 0.0755. The molecule has 6 rings (SSSR count). The first-order chi connectivity index (χ1) is 17.7. The zero-order valence-corrected chi connectivity index (χ0v) is 24.2. The molecule has 1 N–H and O–H groups in total. The lowest BCUT2D eigenvalue weighted by molar-refractivity contribution is -0.153. The van der Waals surface area contributed by atoms with Gasteiger partial charge in [-0.2, -0.15) is 0 Å². The molecule has 0 bridgehead atoms. The fraction of sp³-hybridized carbons (Fsp3) is 0.824. The van der Waals surface area contributed by atoms with Crippen LogP contribution in [0.3, 0.4) is 0 Å². The Kier molecular flexibility index (Phi) is 6.65. The SMILES string of the molecule is CC(C)CCC[C@@H](C)[C@H]1CC[C@@]23O[C@@]24[C@H](O)C[C@H]2C[C@@H](OCc5ccccc5)CC[C@]2(C)[C@H]4CC[C@]13C. The molecule has 3 nitrogen and oxygen atoms in total. The molecule has 2 spiro atoms. The molecule has 1 aromatic rings. The van der Waals surface area contributed by atoms with Crippen molar-refractivity contribution in [3.05, 3.63) is 35.9 Å². The van der Waals surface area contributed by atoms with Crippen LogP contribution >= 0.6 is 0 Å². The normalized spacial score (nSPS) is 47.1. The molecule has 5 aliphatic rings. The molecule has 5 fully saturated rings. The van der Waals surface area contributed by atoms with Crippen LogP contribution in [0.4, 0.5) is 0 Å². The Morgan fingerprint density at radius 2 is 1.76 bits per heavy atom. The van der Waals surface area contributed by atoms with E-state index in [2.05, 4.69) is 65.0 Å². The molecule has 4 saturated carbocycles. The van der Waals surface area contributed by atoms with Gasteiger partial charge < -0.3 is 14.6 Å². The zero-order chi connectivity index (χ0) is 26.1. The number of rotatable bonds is 8. The number of aliphatic hydroxyl groups excluding tert-OH is 1. The average Bonchev–Trinajstić information content (AvgIpc) is 3.47. The van der Waals surface area contributed by atoms with Crippen molar-refractivity contribution in [3.8, 4) is 0 Å². The molecule has 0 aromatic heterocycles. The number of hydrogen-bond donors (Lipinski definition) is 1. The summed E-state index contributed by atoms with van der Waals surface area (Å²) >= 11 is 0. The van der Waals surface area contributed by atoms with Crippen molar-refractivity contribution in [2.45, 2.75) is 135 Å². The number of benzene rings is 1. The fourth-order valence-electron chi connectivity index (χ4n) is 10.7. The van der Waals surface area contributed by atoms with E-state index in [9.17, 15) is 5.11 Å². The Hall–Kier alpha value is -0.900. The van der Waals surface area contributed by atoms with Crippen molar-refractivity contribution >= 4 is 0 Å². The predicted molar refractivity (Wildman–Crippen MR) is 149 cm³/mol. The number of hydrogen-bond acceptors (Lipinski definition) is 3. The molecular formula is C34H52O3. The molecule has 1 aliphatic heterocycles. The molecule has 0 unspecified atom stereocenters. The van der Waals surface area contributed by atoms with Crippen LogP contribution in [-0.4, -0.2) is 28.5 Å². The molecule has 0 amide bonds. The molecule has 0 radical (unpaired) electrons. The number of epoxide rings is 1. The first-order valence-electron chi connectivity index (χ1n) is 15.7. The quantitative estimate of drug-likeness (QED) is 0.362. The molecule has 1 heterocycles. The molecule has 1 aromatic carbocycles. The lowest BCUT2D eigenvalue weighted by Crippen LogP contribution is -2.64. The lowest BCUT2D eigenvalue weighted by Gasteiger charge is -2.59. The highest BCUT2D eigenvalue weighted by Gasteiger charge is 2.88. The minimum Gasteiger partial charge on any atom is -0.390 e. The molecule has 37 heavy (non-hydrogen) atoms. The maximum Gasteiger partial charge on any atom is 0.128 e. The average molecular weight is 509 g/mol. The van der Waals surface area contributed by atoms with Gasteiger partial charge in [0.15, 0.2) is 0 Å². The second-order valence-corrected chi connectivity index (χ2v) is 14.8. The van der Waals surface area contributed by atoms with Gasteiger partial charge in [-0.25, -0.2) is 0 Å². The van der Waals surface area contributed by atoms with E-state index in [1.54, 1.807) is 0 Å². The van der Waals surface area contributed by atoms with Crippen LogP contribution in [0.5, 0.6) is 0 Å². The number of ether oxygens (including phenoxy) is 2. The second-order valence-electron chi connectivity index (χ2n) is 14.8. The summed E-state index contributed by atoms with van der Waals surface area (Å²) in [6.45, 7) is 13.0. The minimum atomic E-state index is -0.321. The first kappa shape index (κ1) is 26.3. The monoisotopic (exact) mass is 508 g/mol. The van der Waals surface area contributed by atoms with E-state index in [4.69, 9.17) is 9.47 Å². The molecular weight excluding hydrogens is 456 g/mol. The van der Waals surface area contributed by atoms with Gasteiger partial charge in [0.25, 0.3) is 0 Å². The molecule has 206 valence electrons. The van der Waals surface area contributed by atoms with Crippen molar-refractivity contribution in [3.63, 3.8) is 0 Å². The molecule has 1 saturated heterocycles. The van der Waals surface area contributed by atoms with Crippen LogP contribution in [0.2, 0.25) is 0 Å². The fourth-order valence-corrected chi connectivity index (χ4v) is 10.7. The number of aliphatic hydroxyl groups is 1. The van der Waals surface area contributed by atoms with Gasteiger partial charge in [-0.3, -0.25) is 0 Å². The van der Waals surface area contributed by atoms with E-state index in [0.717, 1.165) is 37.0 Å². The van der Waals surface area contributed by atoms with Crippen molar-refractivity contribution in [2.24, 2.45) is 40.4 Å². The summed E-state index contributed by atoms with van der Waals surface area (Å²) in [6.07, 6.45) is 13.3. The third-order valence-electron chi connectivity index (χ3n) is 12.7. The highest BCUT2D eigenvalue weighted by molar-refractivity contribution is 5.36. The summed E-state index contributed by atoms with van der Waals surface area (Å²) in [4.78, 5) is 0. The van der Waals surface area contributed by atoms with E-state index in [-0.39, 0.29) is 28.1 Å². The summed E-state index contributed by atoms with van der Waals surface area (Å²) in [5.74, 6) is 3.31. The van der Waals surface area contributed by atoms with Crippen LogP contribution in [0.25, 0.3) is 0 Å². The Labute approximate surface area is 226 Å².